The minimum absolute atomic E-state index is 0.0330. The number of rotatable bonds is 10. The van der Waals surface area contributed by atoms with Gasteiger partial charge >= 0.3 is 18.0 Å². The van der Waals surface area contributed by atoms with E-state index in [1.165, 1.54) is 0 Å². The van der Waals surface area contributed by atoms with Crippen molar-refractivity contribution in [2.45, 2.75) is 73.1 Å². The number of carboxylic acids is 1. The Hall–Kier alpha value is -1.79. The second-order valence-electron chi connectivity index (χ2n) is 6.45. The predicted octanol–water partition coefficient (Wildman–Crippen LogP) is 3.17. The van der Waals surface area contributed by atoms with Crippen LogP contribution in [-0.2, 0) is 19.1 Å². The van der Waals surface area contributed by atoms with Crippen molar-refractivity contribution in [1.82, 2.24) is 5.32 Å². The smallest absolute Gasteiger partial charge is 0.410 e. The summed E-state index contributed by atoms with van der Waals surface area (Å²) < 4.78 is 10.3. The van der Waals surface area contributed by atoms with E-state index in [1.54, 1.807) is 20.8 Å². The molecular formula is C17H31NO6. The minimum Gasteiger partial charge on any atom is -0.481 e. The molecule has 0 aromatic heterocycles. The van der Waals surface area contributed by atoms with E-state index < -0.39 is 30.4 Å². The van der Waals surface area contributed by atoms with E-state index in [0.29, 0.717) is 0 Å². The molecule has 2 N–H and O–H groups in total. The van der Waals surface area contributed by atoms with Crippen molar-refractivity contribution in [3.05, 3.63) is 0 Å². The Morgan fingerprint density at radius 1 is 1.04 bits per heavy atom. The first kappa shape index (κ1) is 22.2. The molecule has 0 aliphatic carbocycles. The molecule has 0 aromatic rings. The first-order chi connectivity index (χ1) is 11.1. The highest BCUT2D eigenvalue weighted by molar-refractivity contribution is 5.72. The van der Waals surface area contributed by atoms with Gasteiger partial charge in [-0.15, -0.1) is 0 Å². The molecule has 0 aliphatic rings. The number of carboxylic acid groups (broad SMARTS) is 1. The van der Waals surface area contributed by atoms with Crippen molar-refractivity contribution in [1.29, 1.82) is 0 Å². The zero-order chi connectivity index (χ0) is 18.9. The van der Waals surface area contributed by atoms with E-state index in [2.05, 4.69) is 5.32 Å². The van der Waals surface area contributed by atoms with Crippen molar-refractivity contribution >= 4 is 18.0 Å². The number of aliphatic carboxylic acids is 1. The monoisotopic (exact) mass is 345 g/mol. The molecule has 0 aromatic carbocycles. The van der Waals surface area contributed by atoms with Gasteiger partial charge in [-0.2, -0.15) is 0 Å². The first-order valence-electron chi connectivity index (χ1n) is 8.50. The lowest BCUT2D eigenvalue weighted by atomic mass is 9.85. The molecule has 7 nitrogen and oxygen atoms in total. The van der Waals surface area contributed by atoms with Crippen molar-refractivity contribution in [3.63, 3.8) is 0 Å². The number of carbonyl (C=O) groups excluding carboxylic acids is 2. The van der Waals surface area contributed by atoms with Crippen LogP contribution in [0.1, 0.15) is 60.8 Å². The van der Waals surface area contributed by atoms with Gasteiger partial charge in [0.15, 0.2) is 0 Å². The Kier molecular flexibility index (Phi) is 10.1. The highest BCUT2D eigenvalue weighted by atomic mass is 16.7. The van der Waals surface area contributed by atoms with Gasteiger partial charge in [-0.05, 0) is 11.8 Å². The number of nitrogens with one attached hydrogen (secondary N) is 1. The maximum Gasteiger partial charge on any atom is 0.410 e. The molecule has 24 heavy (non-hydrogen) atoms. The van der Waals surface area contributed by atoms with Crippen molar-refractivity contribution in [3.8, 4) is 0 Å². The summed E-state index contributed by atoms with van der Waals surface area (Å²) in [7, 11) is 0. The fraction of sp³-hybridized carbons (Fsp3) is 0.824. The molecule has 0 rings (SSSR count). The van der Waals surface area contributed by atoms with Crippen LogP contribution in [0, 0.1) is 17.8 Å². The molecule has 0 bridgehead atoms. The van der Waals surface area contributed by atoms with Gasteiger partial charge in [0.05, 0.1) is 6.42 Å². The summed E-state index contributed by atoms with van der Waals surface area (Å²) >= 11 is 0. The van der Waals surface area contributed by atoms with Crippen LogP contribution in [0.25, 0.3) is 0 Å². The normalized spacial score (nSPS) is 16.0. The summed E-state index contributed by atoms with van der Waals surface area (Å²) in [5.74, 6) is -1.45. The van der Waals surface area contributed by atoms with Crippen molar-refractivity contribution in [2.75, 3.05) is 0 Å². The number of ether oxygens (including phenoxy) is 2. The predicted molar refractivity (Wildman–Crippen MR) is 89.3 cm³/mol. The lowest BCUT2D eigenvalue weighted by molar-refractivity contribution is -0.174. The number of alkyl carbamates (subject to hydrolysis) is 1. The Balaban J connectivity index is 4.89. The second kappa shape index (κ2) is 10.9. The topological polar surface area (TPSA) is 102 Å². The summed E-state index contributed by atoms with van der Waals surface area (Å²) in [6, 6.07) is -0.556. The van der Waals surface area contributed by atoms with Gasteiger partial charge in [0.25, 0.3) is 6.29 Å². The first-order valence-corrected chi connectivity index (χ1v) is 8.50. The fourth-order valence-corrected chi connectivity index (χ4v) is 2.12. The Bertz CT molecular complexity index is 423. The molecule has 0 heterocycles. The Morgan fingerprint density at radius 3 is 2.04 bits per heavy atom. The van der Waals surface area contributed by atoms with Gasteiger partial charge in [-0.1, -0.05) is 48.0 Å². The average molecular weight is 345 g/mol. The SMILES string of the molecule is CCC(=O)O[C@H](OC(=O)N[C@H](CC(=O)O)[C@H](C)[C@H](C)CC)C(C)C. The van der Waals surface area contributed by atoms with Crippen LogP contribution in [-0.4, -0.2) is 35.5 Å². The molecule has 0 fully saturated rings. The van der Waals surface area contributed by atoms with E-state index in [4.69, 9.17) is 14.6 Å². The summed E-state index contributed by atoms with van der Waals surface area (Å²) in [6.45, 7) is 11.1. The number of esters is 1. The molecule has 0 spiro atoms. The molecular weight excluding hydrogens is 314 g/mol. The van der Waals surface area contributed by atoms with Gasteiger partial charge in [-0.3, -0.25) is 9.59 Å². The molecule has 0 radical (unpaired) electrons. The maximum atomic E-state index is 12.1. The zero-order valence-electron chi connectivity index (χ0n) is 15.5. The molecule has 7 heteroatoms. The van der Waals surface area contributed by atoms with Crippen LogP contribution in [0.5, 0.6) is 0 Å². The maximum absolute atomic E-state index is 12.1. The summed E-state index contributed by atoms with van der Waals surface area (Å²) in [4.78, 5) is 34.6. The van der Waals surface area contributed by atoms with E-state index in [1.807, 2.05) is 20.8 Å². The number of carbonyl (C=O) groups is 3. The van der Waals surface area contributed by atoms with Crippen LogP contribution in [0.15, 0.2) is 0 Å². The molecule has 0 aliphatic heterocycles. The number of hydrogen-bond donors (Lipinski definition) is 2. The summed E-state index contributed by atoms with van der Waals surface area (Å²) in [5.41, 5.74) is 0. The van der Waals surface area contributed by atoms with Gasteiger partial charge < -0.3 is 19.9 Å². The molecule has 140 valence electrons. The van der Waals surface area contributed by atoms with E-state index in [9.17, 15) is 14.4 Å². The van der Waals surface area contributed by atoms with Crippen LogP contribution < -0.4 is 5.32 Å². The minimum atomic E-state index is -0.998. The lowest BCUT2D eigenvalue weighted by Crippen LogP contribution is -2.45. The zero-order valence-corrected chi connectivity index (χ0v) is 15.5. The highest BCUT2D eigenvalue weighted by Gasteiger charge is 2.28. The van der Waals surface area contributed by atoms with Gasteiger partial charge in [0, 0.05) is 18.4 Å². The lowest BCUT2D eigenvalue weighted by Gasteiger charge is -2.29. The third kappa shape index (κ3) is 8.17. The van der Waals surface area contributed by atoms with E-state index in [-0.39, 0.29) is 30.6 Å². The summed E-state index contributed by atoms with van der Waals surface area (Å²) in [5, 5.41) is 11.7. The van der Waals surface area contributed by atoms with Crippen LogP contribution in [0.3, 0.4) is 0 Å². The standard InChI is InChI=1S/C17H31NO6/c1-7-11(5)12(6)13(9-14(19)20)18-17(22)24-16(10(3)4)23-15(21)8-2/h10-13,16H,7-9H2,1-6H3,(H,18,22)(H,19,20)/t11-,12-,13-,16-/m1/s1. The number of amides is 1. The third-order valence-electron chi connectivity index (χ3n) is 4.18. The summed E-state index contributed by atoms with van der Waals surface area (Å²) in [6.07, 6.45) is -0.917. The van der Waals surface area contributed by atoms with Crippen LogP contribution in [0.4, 0.5) is 4.79 Å². The molecule has 0 saturated carbocycles. The Labute approximate surface area is 144 Å². The highest BCUT2D eigenvalue weighted by Crippen LogP contribution is 2.21. The van der Waals surface area contributed by atoms with Crippen molar-refractivity contribution < 1.29 is 29.0 Å². The van der Waals surface area contributed by atoms with Gasteiger partial charge in [0.1, 0.15) is 0 Å². The Morgan fingerprint density at radius 2 is 1.62 bits per heavy atom. The molecule has 0 unspecified atom stereocenters. The molecule has 0 saturated heterocycles. The van der Waals surface area contributed by atoms with Crippen LogP contribution >= 0.6 is 0 Å². The van der Waals surface area contributed by atoms with Gasteiger partial charge in [-0.25, -0.2) is 4.79 Å². The quantitative estimate of drug-likeness (QED) is 0.466. The van der Waals surface area contributed by atoms with Gasteiger partial charge in [0.2, 0.25) is 0 Å². The number of hydrogen-bond acceptors (Lipinski definition) is 5. The third-order valence-corrected chi connectivity index (χ3v) is 4.18. The van der Waals surface area contributed by atoms with E-state index in [0.717, 1.165) is 6.42 Å². The molecule has 4 atom stereocenters. The molecule has 1 amide bonds. The largest absolute Gasteiger partial charge is 0.481 e. The van der Waals surface area contributed by atoms with Crippen molar-refractivity contribution in [2.24, 2.45) is 17.8 Å². The van der Waals surface area contributed by atoms with Crippen LogP contribution in [0.2, 0.25) is 0 Å². The average Bonchev–Trinajstić information content (AvgIpc) is 2.51. The fourth-order valence-electron chi connectivity index (χ4n) is 2.12. The van der Waals surface area contributed by atoms with E-state index >= 15 is 0 Å². The second-order valence-corrected chi connectivity index (χ2v) is 6.45.